The Morgan fingerprint density at radius 3 is 2.20 bits per heavy atom. The molecule has 0 aliphatic heterocycles. The molecule has 0 spiro atoms. The van der Waals surface area contributed by atoms with Crippen LogP contribution >= 0.6 is 0 Å². The summed E-state index contributed by atoms with van der Waals surface area (Å²) in [6, 6.07) is 25.4. The van der Waals surface area contributed by atoms with Gasteiger partial charge in [0.25, 0.3) is 5.91 Å². The molecule has 4 heteroatoms. The van der Waals surface area contributed by atoms with Gasteiger partial charge in [0, 0.05) is 12.1 Å². The van der Waals surface area contributed by atoms with Crippen LogP contribution in [0, 0.1) is 0 Å². The Kier molecular flexibility index (Phi) is 7.12. The van der Waals surface area contributed by atoms with Crippen LogP contribution in [-0.2, 0) is 16.6 Å². The first kappa shape index (κ1) is 21.4. The van der Waals surface area contributed by atoms with Gasteiger partial charge in [-0.15, -0.1) is 0 Å². The van der Waals surface area contributed by atoms with E-state index in [1.54, 1.807) is 0 Å². The van der Waals surface area contributed by atoms with Crippen molar-refractivity contribution in [1.29, 1.82) is 0 Å². The third-order valence-electron chi connectivity index (χ3n) is 4.69. The summed E-state index contributed by atoms with van der Waals surface area (Å²) in [6.07, 6.45) is 0.854. The van der Waals surface area contributed by atoms with Crippen molar-refractivity contribution in [3.63, 3.8) is 0 Å². The molecule has 3 aromatic rings. The van der Waals surface area contributed by atoms with Crippen LogP contribution < -0.4 is 14.8 Å². The fourth-order valence-electron chi connectivity index (χ4n) is 3.12. The highest BCUT2D eigenvalue weighted by Gasteiger charge is 2.18. The van der Waals surface area contributed by atoms with Crippen molar-refractivity contribution in [1.82, 2.24) is 0 Å². The van der Waals surface area contributed by atoms with Crippen molar-refractivity contribution in [2.24, 2.45) is 0 Å². The molecule has 30 heavy (non-hydrogen) atoms. The predicted octanol–water partition coefficient (Wildman–Crippen LogP) is 5.62. The van der Waals surface area contributed by atoms with Crippen molar-refractivity contribution < 1.29 is 14.3 Å². The Morgan fingerprint density at radius 2 is 1.50 bits per heavy atom. The molecule has 0 saturated heterocycles. The Labute approximate surface area is 178 Å². The number of hydrogen-bond acceptors (Lipinski definition) is 3. The van der Waals surface area contributed by atoms with Crippen LogP contribution in [0.25, 0.3) is 0 Å². The second-order valence-electron chi connectivity index (χ2n) is 8.19. The summed E-state index contributed by atoms with van der Waals surface area (Å²) in [5.74, 6) is 1.32. The van der Waals surface area contributed by atoms with Gasteiger partial charge >= 0.3 is 0 Å². The third kappa shape index (κ3) is 6.38. The quantitative estimate of drug-likeness (QED) is 0.531. The van der Waals surface area contributed by atoms with E-state index < -0.39 is 0 Å². The largest absolute Gasteiger partial charge is 0.493 e. The fourth-order valence-corrected chi connectivity index (χ4v) is 3.12. The van der Waals surface area contributed by atoms with Gasteiger partial charge in [-0.25, -0.2) is 0 Å². The van der Waals surface area contributed by atoms with Gasteiger partial charge < -0.3 is 14.8 Å². The molecule has 0 heterocycles. The zero-order chi connectivity index (χ0) is 21.4. The third-order valence-corrected chi connectivity index (χ3v) is 4.69. The number of amides is 1. The van der Waals surface area contributed by atoms with Gasteiger partial charge in [-0.05, 0) is 46.9 Å². The van der Waals surface area contributed by atoms with Crippen molar-refractivity contribution in [3.8, 4) is 11.5 Å². The monoisotopic (exact) mass is 403 g/mol. The summed E-state index contributed by atoms with van der Waals surface area (Å²) in [6.45, 7) is 6.94. The highest BCUT2D eigenvalue weighted by atomic mass is 16.5. The molecule has 0 saturated carbocycles. The SMILES string of the molecule is CC(C)(C)c1ccccc1OCC(=O)Nc1ccc(OCCc2ccccc2)cc1. The average Bonchev–Trinajstić information content (AvgIpc) is 2.74. The highest BCUT2D eigenvalue weighted by molar-refractivity contribution is 5.91. The van der Waals surface area contributed by atoms with E-state index in [1.807, 2.05) is 66.7 Å². The molecule has 0 atom stereocenters. The van der Waals surface area contributed by atoms with Crippen molar-refractivity contribution in [2.75, 3.05) is 18.5 Å². The first-order chi connectivity index (χ1) is 14.4. The summed E-state index contributed by atoms with van der Waals surface area (Å²) in [5.41, 5.74) is 2.98. The van der Waals surface area contributed by atoms with Gasteiger partial charge in [0.15, 0.2) is 6.61 Å². The minimum absolute atomic E-state index is 0.0393. The molecule has 0 radical (unpaired) electrons. The Morgan fingerprint density at radius 1 is 0.833 bits per heavy atom. The summed E-state index contributed by atoms with van der Waals surface area (Å²) >= 11 is 0. The van der Waals surface area contributed by atoms with Crippen LogP contribution in [0.1, 0.15) is 31.9 Å². The lowest BCUT2D eigenvalue weighted by molar-refractivity contribution is -0.118. The Bertz CT molecular complexity index is 944. The van der Waals surface area contributed by atoms with E-state index in [4.69, 9.17) is 9.47 Å². The normalized spacial score (nSPS) is 11.0. The second kappa shape index (κ2) is 9.97. The Hall–Kier alpha value is -3.27. The van der Waals surface area contributed by atoms with Gasteiger partial charge in [-0.2, -0.15) is 0 Å². The number of para-hydroxylation sites is 1. The minimum atomic E-state index is -0.198. The van der Waals surface area contributed by atoms with Crippen molar-refractivity contribution >= 4 is 11.6 Å². The molecule has 0 aromatic heterocycles. The van der Waals surface area contributed by atoms with E-state index >= 15 is 0 Å². The van der Waals surface area contributed by atoms with Crippen LogP contribution in [0.5, 0.6) is 11.5 Å². The van der Waals surface area contributed by atoms with E-state index in [9.17, 15) is 4.79 Å². The van der Waals surface area contributed by atoms with Gasteiger partial charge in [-0.1, -0.05) is 69.3 Å². The van der Waals surface area contributed by atoms with Gasteiger partial charge in [-0.3, -0.25) is 4.79 Å². The maximum atomic E-state index is 12.3. The van der Waals surface area contributed by atoms with Gasteiger partial charge in [0.05, 0.1) is 6.61 Å². The Balaban J connectivity index is 1.47. The molecular formula is C26H29NO3. The molecule has 0 aliphatic carbocycles. The van der Waals surface area contributed by atoms with Gasteiger partial charge in [0.2, 0.25) is 0 Å². The summed E-state index contributed by atoms with van der Waals surface area (Å²) < 4.78 is 11.6. The van der Waals surface area contributed by atoms with Crippen LogP contribution in [0.2, 0.25) is 0 Å². The lowest BCUT2D eigenvalue weighted by Gasteiger charge is -2.22. The van der Waals surface area contributed by atoms with Crippen molar-refractivity contribution in [2.45, 2.75) is 32.6 Å². The van der Waals surface area contributed by atoms with E-state index in [0.29, 0.717) is 12.3 Å². The van der Waals surface area contributed by atoms with Crippen LogP contribution in [0.3, 0.4) is 0 Å². The summed E-state index contributed by atoms with van der Waals surface area (Å²) in [4.78, 5) is 12.3. The number of anilines is 1. The van der Waals surface area contributed by atoms with Gasteiger partial charge in [0.1, 0.15) is 11.5 Å². The molecule has 156 valence electrons. The molecule has 0 unspecified atom stereocenters. The maximum absolute atomic E-state index is 12.3. The number of carbonyl (C=O) groups is 1. The molecule has 3 aromatic carbocycles. The average molecular weight is 404 g/mol. The van der Waals surface area contributed by atoms with E-state index in [1.165, 1.54) is 5.56 Å². The molecule has 1 amide bonds. The van der Waals surface area contributed by atoms with E-state index in [-0.39, 0.29) is 17.9 Å². The number of carbonyl (C=O) groups excluding carboxylic acids is 1. The maximum Gasteiger partial charge on any atom is 0.262 e. The second-order valence-corrected chi connectivity index (χ2v) is 8.19. The van der Waals surface area contributed by atoms with E-state index in [2.05, 4.69) is 38.2 Å². The first-order valence-electron chi connectivity index (χ1n) is 10.2. The minimum Gasteiger partial charge on any atom is -0.493 e. The van der Waals surface area contributed by atoms with Crippen LogP contribution in [0.4, 0.5) is 5.69 Å². The van der Waals surface area contributed by atoms with Crippen molar-refractivity contribution in [3.05, 3.63) is 90.0 Å². The standard InChI is InChI=1S/C26H29NO3/c1-26(2,3)23-11-7-8-12-24(23)30-19-25(28)27-21-13-15-22(16-14-21)29-18-17-20-9-5-4-6-10-20/h4-16H,17-19H2,1-3H3,(H,27,28). The lowest BCUT2D eigenvalue weighted by atomic mass is 9.86. The number of hydrogen-bond donors (Lipinski definition) is 1. The molecule has 4 nitrogen and oxygen atoms in total. The number of nitrogens with one attached hydrogen (secondary N) is 1. The molecule has 0 fully saturated rings. The zero-order valence-electron chi connectivity index (χ0n) is 17.9. The molecule has 0 aliphatic rings. The number of rotatable bonds is 8. The number of ether oxygens (including phenoxy) is 2. The number of benzene rings is 3. The molecular weight excluding hydrogens is 374 g/mol. The first-order valence-corrected chi connectivity index (χ1v) is 10.2. The molecule has 3 rings (SSSR count). The highest BCUT2D eigenvalue weighted by Crippen LogP contribution is 2.30. The smallest absolute Gasteiger partial charge is 0.262 e. The predicted molar refractivity (Wildman–Crippen MR) is 121 cm³/mol. The fraction of sp³-hybridized carbons (Fsp3) is 0.269. The lowest BCUT2D eigenvalue weighted by Crippen LogP contribution is -2.21. The summed E-state index contributed by atoms with van der Waals surface area (Å²) in [7, 11) is 0. The van der Waals surface area contributed by atoms with Crippen LogP contribution in [0.15, 0.2) is 78.9 Å². The molecule has 0 bridgehead atoms. The topological polar surface area (TPSA) is 47.6 Å². The summed E-state index contributed by atoms with van der Waals surface area (Å²) in [5, 5.41) is 2.86. The van der Waals surface area contributed by atoms with E-state index in [0.717, 1.165) is 23.5 Å². The molecule has 1 N–H and O–H groups in total. The van der Waals surface area contributed by atoms with Crippen LogP contribution in [-0.4, -0.2) is 19.1 Å². The zero-order valence-corrected chi connectivity index (χ0v) is 17.9.